The lowest BCUT2D eigenvalue weighted by molar-refractivity contribution is -0.187. The predicted molar refractivity (Wildman–Crippen MR) is 55.3 cm³/mol. The highest BCUT2D eigenvalue weighted by Gasteiger charge is 2.58. The van der Waals surface area contributed by atoms with Crippen LogP contribution in [0.5, 0.6) is 0 Å². The van der Waals surface area contributed by atoms with E-state index in [0.717, 1.165) is 38.8 Å². The molecule has 15 heavy (non-hydrogen) atoms. The molecule has 0 aliphatic carbocycles. The smallest absolute Gasteiger partial charge is 0.315 e. The molecule has 0 saturated carbocycles. The van der Waals surface area contributed by atoms with E-state index >= 15 is 0 Å². The van der Waals surface area contributed by atoms with Gasteiger partial charge in [-0.1, -0.05) is 0 Å². The van der Waals surface area contributed by atoms with Crippen molar-refractivity contribution in [3.8, 4) is 0 Å². The number of ether oxygens (including phenoxy) is 2. The van der Waals surface area contributed by atoms with Gasteiger partial charge in [0.05, 0.1) is 7.11 Å². The average Bonchev–Trinajstić information content (AvgIpc) is 2.58. The Morgan fingerprint density at radius 1 is 1.40 bits per heavy atom. The van der Waals surface area contributed by atoms with E-state index in [0.29, 0.717) is 0 Å². The molecule has 2 unspecified atom stereocenters. The van der Waals surface area contributed by atoms with Crippen molar-refractivity contribution in [2.75, 3.05) is 20.3 Å². The van der Waals surface area contributed by atoms with Crippen LogP contribution in [-0.4, -0.2) is 32.0 Å². The predicted octanol–water partition coefficient (Wildman–Crippen LogP) is 1.06. The molecular weight excluding hydrogens is 194 g/mol. The van der Waals surface area contributed by atoms with E-state index in [1.807, 2.05) is 6.92 Å². The Labute approximate surface area is 90.3 Å². The topological polar surface area (TPSA) is 47.6 Å². The Morgan fingerprint density at radius 3 is 2.80 bits per heavy atom. The molecule has 0 aromatic carbocycles. The monoisotopic (exact) mass is 213 g/mol. The van der Waals surface area contributed by atoms with Gasteiger partial charge in [-0.2, -0.15) is 0 Å². The summed E-state index contributed by atoms with van der Waals surface area (Å²) in [6.45, 7) is 3.51. The number of nitrogens with one attached hydrogen (secondary N) is 1. The van der Waals surface area contributed by atoms with Crippen molar-refractivity contribution >= 4 is 5.97 Å². The Kier molecular flexibility index (Phi) is 2.73. The van der Waals surface area contributed by atoms with E-state index in [9.17, 15) is 4.79 Å². The molecule has 2 saturated heterocycles. The summed E-state index contributed by atoms with van der Waals surface area (Å²) >= 11 is 0. The fraction of sp³-hybridized carbons (Fsp3) is 0.909. The summed E-state index contributed by atoms with van der Waals surface area (Å²) in [7, 11) is 1.45. The zero-order valence-electron chi connectivity index (χ0n) is 9.47. The first-order chi connectivity index (χ1) is 7.15. The molecule has 4 heteroatoms. The van der Waals surface area contributed by atoms with Crippen LogP contribution in [0.3, 0.4) is 0 Å². The van der Waals surface area contributed by atoms with Crippen molar-refractivity contribution in [2.24, 2.45) is 5.41 Å². The molecule has 2 rings (SSSR count). The van der Waals surface area contributed by atoms with Gasteiger partial charge in [0.15, 0.2) is 0 Å². The zero-order chi connectivity index (χ0) is 10.9. The highest BCUT2D eigenvalue weighted by molar-refractivity contribution is 5.78. The molecule has 86 valence electrons. The molecule has 0 aromatic heterocycles. The second kappa shape index (κ2) is 3.76. The van der Waals surface area contributed by atoms with Crippen LogP contribution in [0.25, 0.3) is 0 Å². The van der Waals surface area contributed by atoms with Crippen LogP contribution in [0.2, 0.25) is 0 Å². The fourth-order valence-corrected chi connectivity index (χ4v) is 2.77. The number of carbonyl (C=O) groups is 1. The Bertz CT molecular complexity index is 261. The molecule has 1 spiro atoms. The third-order valence-electron chi connectivity index (χ3n) is 3.83. The van der Waals surface area contributed by atoms with Crippen LogP contribution in [0, 0.1) is 5.41 Å². The summed E-state index contributed by atoms with van der Waals surface area (Å²) < 4.78 is 10.8. The van der Waals surface area contributed by atoms with Crippen molar-refractivity contribution in [1.29, 1.82) is 0 Å². The summed E-state index contributed by atoms with van der Waals surface area (Å²) in [6.07, 6.45) is 3.89. The third kappa shape index (κ3) is 1.47. The van der Waals surface area contributed by atoms with E-state index in [2.05, 4.69) is 5.32 Å². The van der Waals surface area contributed by atoms with Crippen LogP contribution < -0.4 is 5.32 Å². The minimum absolute atomic E-state index is 0.158. The Morgan fingerprint density at radius 2 is 2.20 bits per heavy atom. The van der Waals surface area contributed by atoms with Gasteiger partial charge in [-0.25, -0.2) is 0 Å². The van der Waals surface area contributed by atoms with E-state index in [-0.39, 0.29) is 5.97 Å². The summed E-state index contributed by atoms with van der Waals surface area (Å²) in [5.74, 6) is -0.158. The summed E-state index contributed by atoms with van der Waals surface area (Å²) in [5.41, 5.74) is -0.999. The number of methoxy groups -OCH3 is 1. The maximum absolute atomic E-state index is 11.9. The van der Waals surface area contributed by atoms with Crippen molar-refractivity contribution in [3.63, 3.8) is 0 Å². The van der Waals surface area contributed by atoms with Crippen LogP contribution in [-0.2, 0) is 14.3 Å². The van der Waals surface area contributed by atoms with Gasteiger partial charge in [0.2, 0.25) is 0 Å². The third-order valence-corrected chi connectivity index (χ3v) is 3.83. The number of carbonyl (C=O) groups excluding carboxylic acids is 1. The maximum atomic E-state index is 11.9. The summed E-state index contributed by atoms with van der Waals surface area (Å²) in [6, 6.07) is 0. The summed E-state index contributed by atoms with van der Waals surface area (Å²) in [4.78, 5) is 11.9. The molecule has 2 heterocycles. The lowest BCUT2D eigenvalue weighted by atomic mass is 9.76. The first kappa shape index (κ1) is 10.9. The molecule has 0 radical (unpaired) electrons. The number of rotatable bonds is 1. The SMILES string of the molecule is COC(=O)C1(C)CCNC12CCCCO2. The number of hydrogen-bond donors (Lipinski definition) is 1. The zero-order valence-corrected chi connectivity index (χ0v) is 9.47. The average molecular weight is 213 g/mol. The van der Waals surface area contributed by atoms with Crippen LogP contribution >= 0.6 is 0 Å². The molecule has 2 aliphatic heterocycles. The quantitative estimate of drug-likeness (QED) is 0.661. The van der Waals surface area contributed by atoms with Crippen molar-refractivity contribution in [1.82, 2.24) is 5.32 Å². The molecule has 0 aromatic rings. The van der Waals surface area contributed by atoms with Gasteiger partial charge in [0, 0.05) is 6.61 Å². The summed E-state index contributed by atoms with van der Waals surface area (Å²) in [5, 5.41) is 3.35. The van der Waals surface area contributed by atoms with Crippen molar-refractivity contribution in [3.05, 3.63) is 0 Å². The molecule has 1 N–H and O–H groups in total. The molecule has 2 fully saturated rings. The van der Waals surface area contributed by atoms with Gasteiger partial charge in [0.1, 0.15) is 11.1 Å². The van der Waals surface area contributed by atoms with Crippen LogP contribution in [0.1, 0.15) is 32.6 Å². The molecule has 0 bridgehead atoms. The second-order valence-electron chi connectivity index (χ2n) is 4.63. The molecule has 0 amide bonds. The van der Waals surface area contributed by atoms with E-state index in [4.69, 9.17) is 9.47 Å². The first-order valence-corrected chi connectivity index (χ1v) is 5.62. The lowest BCUT2D eigenvalue weighted by Gasteiger charge is -2.43. The van der Waals surface area contributed by atoms with Crippen molar-refractivity contribution < 1.29 is 14.3 Å². The molecular formula is C11H19NO3. The first-order valence-electron chi connectivity index (χ1n) is 5.62. The minimum Gasteiger partial charge on any atom is -0.468 e. The van der Waals surface area contributed by atoms with E-state index < -0.39 is 11.1 Å². The lowest BCUT2D eigenvalue weighted by Crippen LogP contribution is -2.57. The fourth-order valence-electron chi connectivity index (χ4n) is 2.77. The van der Waals surface area contributed by atoms with Gasteiger partial charge in [-0.15, -0.1) is 0 Å². The van der Waals surface area contributed by atoms with Crippen molar-refractivity contribution in [2.45, 2.75) is 38.3 Å². The Hall–Kier alpha value is -0.610. The van der Waals surface area contributed by atoms with Crippen LogP contribution in [0.15, 0.2) is 0 Å². The molecule has 2 atom stereocenters. The van der Waals surface area contributed by atoms with Gasteiger partial charge in [-0.3, -0.25) is 10.1 Å². The maximum Gasteiger partial charge on any atom is 0.315 e. The Balaban J connectivity index is 2.26. The van der Waals surface area contributed by atoms with E-state index in [1.54, 1.807) is 0 Å². The normalized spacial score (nSPS) is 40.7. The molecule has 2 aliphatic rings. The highest BCUT2D eigenvalue weighted by atomic mass is 16.5. The minimum atomic E-state index is -0.526. The van der Waals surface area contributed by atoms with Gasteiger partial charge in [-0.05, 0) is 39.2 Å². The largest absolute Gasteiger partial charge is 0.468 e. The second-order valence-corrected chi connectivity index (χ2v) is 4.63. The standard InChI is InChI=1S/C11H19NO3/c1-10(9(13)14-2)6-7-12-11(10)5-3-4-8-15-11/h12H,3-8H2,1-2H3. The van der Waals surface area contributed by atoms with Gasteiger partial charge < -0.3 is 9.47 Å². The highest BCUT2D eigenvalue weighted by Crippen LogP contribution is 2.46. The van der Waals surface area contributed by atoms with E-state index in [1.165, 1.54) is 7.11 Å². The number of hydrogen-bond acceptors (Lipinski definition) is 4. The van der Waals surface area contributed by atoms with Crippen LogP contribution in [0.4, 0.5) is 0 Å². The van der Waals surface area contributed by atoms with Gasteiger partial charge in [0.25, 0.3) is 0 Å². The molecule has 4 nitrogen and oxygen atoms in total. The van der Waals surface area contributed by atoms with Gasteiger partial charge >= 0.3 is 5.97 Å². The number of esters is 1.